The number of hydrogen-bond acceptors (Lipinski definition) is 5. The third-order valence-corrected chi connectivity index (χ3v) is 10.4. The van der Waals surface area contributed by atoms with Crippen molar-refractivity contribution < 1.29 is 19.4 Å². The number of benzene rings is 2. The maximum absolute atomic E-state index is 14.2. The summed E-state index contributed by atoms with van der Waals surface area (Å²) in [6, 6.07) is 20.5. The van der Waals surface area contributed by atoms with Crippen molar-refractivity contribution in [2.45, 2.75) is 117 Å². The van der Waals surface area contributed by atoms with Gasteiger partial charge in [0.25, 0.3) is 0 Å². The van der Waals surface area contributed by atoms with Crippen LogP contribution in [0.5, 0.6) is 0 Å². The molecule has 42 heavy (non-hydrogen) atoms. The zero-order valence-electron chi connectivity index (χ0n) is 27.1. The fourth-order valence-corrected chi connectivity index (χ4v) is 8.08. The normalized spacial score (nSPS) is 25.4. The topological polar surface area (TPSA) is 59.0 Å². The molecule has 2 fully saturated rings. The van der Waals surface area contributed by atoms with Gasteiger partial charge >= 0.3 is 5.97 Å². The quantitative estimate of drug-likeness (QED) is 0.182. The molecule has 0 heterocycles. The van der Waals surface area contributed by atoms with Crippen molar-refractivity contribution in [2.24, 2.45) is 22.7 Å². The maximum atomic E-state index is 14.2. The van der Waals surface area contributed by atoms with E-state index in [1.165, 1.54) is 12.0 Å². The molecule has 5 heteroatoms. The minimum Gasteiger partial charge on any atom is -0.460 e. The van der Waals surface area contributed by atoms with Crippen LogP contribution in [0, 0.1) is 22.7 Å². The highest BCUT2D eigenvalue weighted by Crippen LogP contribution is 2.67. The lowest BCUT2D eigenvalue weighted by Crippen LogP contribution is -2.52. The molecule has 3 unspecified atom stereocenters. The van der Waals surface area contributed by atoms with Crippen LogP contribution in [0.25, 0.3) is 0 Å². The van der Waals surface area contributed by atoms with E-state index in [0.717, 1.165) is 44.2 Å². The Bertz CT molecular complexity index is 1130. The van der Waals surface area contributed by atoms with Gasteiger partial charge in [0.2, 0.25) is 0 Å². The van der Waals surface area contributed by atoms with Crippen LogP contribution in [0.3, 0.4) is 0 Å². The van der Waals surface area contributed by atoms with E-state index in [4.69, 9.17) is 9.47 Å². The first-order chi connectivity index (χ1) is 19.9. The predicted molar refractivity (Wildman–Crippen MR) is 170 cm³/mol. The van der Waals surface area contributed by atoms with Crippen LogP contribution in [-0.4, -0.2) is 47.4 Å². The summed E-state index contributed by atoms with van der Waals surface area (Å²) in [4.78, 5) is 16.7. The molecule has 2 bridgehead atoms. The number of rotatable bonds is 14. The Hall–Kier alpha value is -2.21. The molecule has 2 aromatic carbocycles. The number of aliphatic hydroxyl groups is 1. The van der Waals surface area contributed by atoms with Crippen LogP contribution >= 0.6 is 0 Å². The summed E-state index contributed by atoms with van der Waals surface area (Å²) in [5.41, 5.74) is 1.62. The molecule has 0 saturated heterocycles. The van der Waals surface area contributed by atoms with Gasteiger partial charge in [-0.2, -0.15) is 0 Å². The van der Waals surface area contributed by atoms with E-state index in [1.807, 2.05) is 52.1 Å². The van der Waals surface area contributed by atoms with Gasteiger partial charge in [-0.05, 0) is 68.9 Å². The van der Waals surface area contributed by atoms with Crippen molar-refractivity contribution in [3.8, 4) is 0 Å². The van der Waals surface area contributed by atoms with Crippen LogP contribution in [-0.2, 0) is 20.8 Å². The fourth-order valence-electron chi connectivity index (χ4n) is 8.08. The second-order valence-corrected chi connectivity index (χ2v) is 14.4. The Labute approximate surface area is 255 Å². The molecule has 2 saturated carbocycles. The zero-order chi connectivity index (χ0) is 30.5. The van der Waals surface area contributed by atoms with Gasteiger partial charge < -0.3 is 14.6 Å². The van der Waals surface area contributed by atoms with Gasteiger partial charge in [-0.25, -0.2) is 0 Å². The number of ether oxygens (including phenoxy) is 2. The smallest absolute Gasteiger partial charge is 0.314 e. The monoisotopic (exact) mass is 577 g/mol. The van der Waals surface area contributed by atoms with E-state index < -0.39 is 17.6 Å². The number of aliphatic hydroxyl groups excluding tert-OH is 1. The minimum atomic E-state index is -0.821. The van der Waals surface area contributed by atoms with Gasteiger partial charge in [0, 0.05) is 25.6 Å². The third-order valence-electron chi connectivity index (χ3n) is 10.4. The van der Waals surface area contributed by atoms with Crippen LogP contribution in [0.2, 0.25) is 0 Å². The Morgan fingerprint density at radius 2 is 1.69 bits per heavy atom. The van der Waals surface area contributed by atoms with E-state index in [2.05, 4.69) is 62.1 Å². The number of carbonyl (C=O) groups excluding carboxylic acids is 1. The number of methoxy groups -OCH3 is 1. The van der Waals surface area contributed by atoms with E-state index >= 15 is 0 Å². The number of esters is 1. The fraction of sp³-hybridized carbons (Fsp3) is 0.649. The van der Waals surface area contributed by atoms with Crippen molar-refractivity contribution in [3.63, 3.8) is 0 Å². The minimum absolute atomic E-state index is 0.0557. The van der Waals surface area contributed by atoms with Crippen LogP contribution in [0.15, 0.2) is 60.7 Å². The Balaban J connectivity index is 1.85. The van der Waals surface area contributed by atoms with Gasteiger partial charge in [-0.15, -0.1) is 0 Å². The molecule has 0 spiro atoms. The molecule has 0 aromatic heterocycles. The molecule has 2 aliphatic carbocycles. The summed E-state index contributed by atoms with van der Waals surface area (Å²) in [7, 11) is 1.86. The summed E-state index contributed by atoms with van der Waals surface area (Å²) in [5.74, 6) is -0.432. The lowest BCUT2D eigenvalue weighted by Gasteiger charge is -2.48. The predicted octanol–water partition coefficient (Wildman–Crippen LogP) is 7.97. The molecular weight excluding hydrogens is 522 g/mol. The molecule has 6 atom stereocenters. The zero-order valence-corrected chi connectivity index (χ0v) is 27.1. The number of nitrogens with zero attached hydrogens (tertiary/aromatic N) is 1. The summed E-state index contributed by atoms with van der Waals surface area (Å²) in [6.45, 7) is 14.2. The van der Waals surface area contributed by atoms with Crippen molar-refractivity contribution in [3.05, 3.63) is 71.8 Å². The lowest BCUT2D eigenvalue weighted by molar-refractivity contribution is -0.169. The van der Waals surface area contributed by atoms with Crippen LogP contribution in [0.4, 0.5) is 0 Å². The SMILES string of the molecule is CCCCC[C@H](O)[C@@H](C(=O)OC(C)(C)C)[C@@H](c1ccccc1)N(Cc1ccccc1)CC12CCC(CC1OC)C2(C)C. The second kappa shape index (κ2) is 13.6. The summed E-state index contributed by atoms with van der Waals surface area (Å²) in [5, 5.41) is 11.9. The van der Waals surface area contributed by atoms with Gasteiger partial charge in [-0.1, -0.05) is 101 Å². The highest BCUT2D eigenvalue weighted by molar-refractivity contribution is 5.75. The summed E-state index contributed by atoms with van der Waals surface area (Å²) >= 11 is 0. The Morgan fingerprint density at radius 1 is 1.05 bits per heavy atom. The van der Waals surface area contributed by atoms with Crippen molar-refractivity contribution in [1.29, 1.82) is 0 Å². The van der Waals surface area contributed by atoms with E-state index in [9.17, 15) is 9.90 Å². The highest BCUT2D eigenvalue weighted by Gasteiger charge is 2.65. The lowest BCUT2D eigenvalue weighted by atomic mass is 9.67. The number of unbranched alkanes of at least 4 members (excludes halogenated alkanes) is 2. The molecule has 2 aromatic rings. The number of fused-ring (bicyclic) bond motifs is 2. The molecule has 2 aliphatic rings. The van der Waals surface area contributed by atoms with Crippen molar-refractivity contribution in [2.75, 3.05) is 13.7 Å². The molecule has 0 aliphatic heterocycles. The van der Waals surface area contributed by atoms with Gasteiger partial charge in [0.05, 0.1) is 18.2 Å². The first-order valence-electron chi connectivity index (χ1n) is 16.2. The first-order valence-corrected chi connectivity index (χ1v) is 16.2. The molecule has 232 valence electrons. The summed E-state index contributed by atoms with van der Waals surface area (Å²) < 4.78 is 12.3. The van der Waals surface area contributed by atoms with Crippen molar-refractivity contribution in [1.82, 2.24) is 4.90 Å². The summed E-state index contributed by atoms with van der Waals surface area (Å²) in [6.07, 6.45) is 6.26. The highest BCUT2D eigenvalue weighted by atomic mass is 16.6. The standard InChI is InChI=1S/C37H55NO4/c1-8-9-12-21-30(39)32(34(40)42-35(2,3)4)33(28-19-15-11-16-20-28)38(25-27-17-13-10-14-18-27)26-37-23-22-29(36(37,5)6)24-31(37)41-7/h10-11,13-20,29-33,39H,8-9,12,21-26H2,1-7H3/t29?,30-,31?,32+,33+,37?/m0/s1. The van der Waals surface area contributed by atoms with Gasteiger partial charge in [0.15, 0.2) is 0 Å². The van der Waals surface area contributed by atoms with E-state index in [0.29, 0.717) is 18.9 Å². The number of hydrogen-bond donors (Lipinski definition) is 1. The van der Waals surface area contributed by atoms with Crippen molar-refractivity contribution >= 4 is 5.97 Å². The molecule has 1 N–H and O–H groups in total. The van der Waals surface area contributed by atoms with Gasteiger partial charge in [0.1, 0.15) is 11.5 Å². The van der Waals surface area contributed by atoms with E-state index in [-0.39, 0.29) is 28.9 Å². The average molecular weight is 578 g/mol. The Kier molecular flexibility index (Phi) is 10.6. The maximum Gasteiger partial charge on any atom is 0.314 e. The molecule has 4 rings (SSSR count). The van der Waals surface area contributed by atoms with Crippen LogP contribution in [0.1, 0.15) is 104 Å². The third kappa shape index (κ3) is 6.95. The van der Waals surface area contributed by atoms with Gasteiger partial charge in [-0.3, -0.25) is 9.69 Å². The Morgan fingerprint density at radius 3 is 2.26 bits per heavy atom. The molecular formula is C37H55NO4. The molecule has 0 amide bonds. The molecule has 0 radical (unpaired) electrons. The second-order valence-electron chi connectivity index (χ2n) is 14.4. The van der Waals surface area contributed by atoms with E-state index in [1.54, 1.807) is 0 Å². The van der Waals surface area contributed by atoms with Crippen LogP contribution < -0.4 is 0 Å². The largest absolute Gasteiger partial charge is 0.460 e. The molecule has 5 nitrogen and oxygen atoms in total. The average Bonchev–Trinajstić information content (AvgIpc) is 3.31. The number of carbonyl (C=O) groups is 1. The first kappa shape index (κ1) is 32.7.